The minimum atomic E-state index is -4.80. The summed E-state index contributed by atoms with van der Waals surface area (Å²) in [5, 5.41) is 0. The summed E-state index contributed by atoms with van der Waals surface area (Å²) in [7, 11) is -3.72. The van der Waals surface area contributed by atoms with Gasteiger partial charge in [-0.25, -0.2) is 8.42 Å². The molecule has 0 amide bonds. The molecule has 0 spiro atoms. The lowest BCUT2D eigenvalue weighted by Gasteiger charge is -2.39. The molecule has 6 nitrogen and oxygen atoms in total. The van der Waals surface area contributed by atoms with Crippen molar-refractivity contribution in [1.29, 1.82) is 0 Å². The topological polar surface area (TPSA) is 59.1 Å². The van der Waals surface area contributed by atoms with Crippen LogP contribution in [0.2, 0.25) is 0 Å². The molecule has 26 heavy (non-hydrogen) atoms. The molecule has 0 N–H and O–H groups in total. The zero-order chi connectivity index (χ0) is 18.8. The van der Waals surface area contributed by atoms with Gasteiger partial charge in [-0.3, -0.25) is 4.90 Å². The van der Waals surface area contributed by atoms with Gasteiger partial charge in [0, 0.05) is 32.2 Å². The summed E-state index contributed by atoms with van der Waals surface area (Å²) in [4.78, 5) is 2.30. The van der Waals surface area contributed by atoms with E-state index in [2.05, 4.69) is 9.64 Å². The second-order valence-electron chi connectivity index (χ2n) is 6.30. The molecule has 0 aliphatic carbocycles. The van der Waals surface area contributed by atoms with Crippen LogP contribution in [-0.2, 0) is 14.8 Å². The van der Waals surface area contributed by atoms with E-state index in [0.717, 1.165) is 50.2 Å². The Kier molecular flexibility index (Phi) is 5.75. The van der Waals surface area contributed by atoms with Gasteiger partial charge < -0.3 is 9.47 Å². The number of ether oxygens (including phenoxy) is 2. The largest absolute Gasteiger partial charge is 0.573 e. The Balaban J connectivity index is 1.62. The van der Waals surface area contributed by atoms with E-state index in [1.807, 2.05) is 0 Å². The second-order valence-corrected chi connectivity index (χ2v) is 8.24. The van der Waals surface area contributed by atoms with E-state index in [9.17, 15) is 21.6 Å². The van der Waals surface area contributed by atoms with Crippen LogP contribution in [0.1, 0.15) is 12.8 Å². The van der Waals surface area contributed by atoms with Gasteiger partial charge >= 0.3 is 6.36 Å². The molecule has 2 fully saturated rings. The van der Waals surface area contributed by atoms with Gasteiger partial charge in [-0.1, -0.05) is 0 Å². The summed E-state index contributed by atoms with van der Waals surface area (Å²) in [6.07, 6.45) is -3.34. The van der Waals surface area contributed by atoms with E-state index in [1.54, 1.807) is 0 Å². The zero-order valence-corrected chi connectivity index (χ0v) is 14.9. The molecule has 0 radical (unpaired) electrons. The van der Waals surface area contributed by atoms with Crippen molar-refractivity contribution >= 4 is 10.0 Å². The third kappa shape index (κ3) is 4.67. The van der Waals surface area contributed by atoms with Crippen molar-refractivity contribution in [3.05, 3.63) is 24.3 Å². The molecule has 0 bridgehead atoms. The summed E-state index contributed by atoms with van der Waals surface area (Å²) in [5.74, 6) is -0.442. The number of rotatable bonds is 4. The third-order valence-corrected chi connectivity index (χ3v) is 6.59. The van der Waals surface area contributed by atoms with E-state index in [4.69, 9.17) is 4.74 Å². The fraction of sp³-hybridized carbons (Fsp3) is 0.625. The molecule has 2 heterocycles. The molecule has 146 valence electrons. The first-order valence-electron chi connectivity index (χ1n) is 8.43. The van der Waals surface area contributed by atoms with Crippen molar-refractivity contribution in [2.45, 2.75) is 30.1 Å². The van der Waals surface area contributed by atoms with Crippen LogP contribution in [0, 0.1) is 0 Å². The summed E-state index contributed by atoms with van der Waals surface area (Å²) < 4.78 is 72.5. The highest BCUT2D eigenvalue weighted by atomic mass is 32.2. The molecule has 2 saturated heterocycles. The highest BCUT2D eigenvalue weighted by molar-refractivity contribution is 7.89. The molecule has 2 aliphatic rings. The molecule has 10 heteroatoms. The monoisotopic (exact) mass is 394 g/mol. The summed E-state index contributed by atoms with van der Waals surface area (Å²) in [6.45, 7) is 3.90. The Morgan fingerprint density at radius 1 is 1.00 bits per heavy atom. The molecule has 1 aromatic carbocycles. The molecule has 0 saturated carbocycles. The maximum atomic E-state index is 12.7. The molecule has 0 aromatic heterocycles. The van der Waals surface area contributed by atoms with Crippen molar-refractivity contribution in [3.8, 4) is 5.75 Å². The number of hydrogen-bond acceptors (Lipinski definition) is 5. The maximum Gasteiger partial charge on any atom is 0.573 e. The maximum absolute atomic E-state index is 12.7. The van der Waals surface area contributed by atoms with Gasteiger partial charge in [-0.05, 0) is 37.1 Å². The lowest BCUT2D eigenvalue weighted by Crippen LogP contribution is -2.50. The number of nitrogens with zero attached hydrogens (tertiary/aromatic N) is 2. The van der Waals surface area contributed by atoms with E-state index in [-0.39, 0.29) is 4.90 Å². The Morgan fingerprint density at radius 2 is 1.58 bits per heavy atom. The first kappa shape index (κ1) is 19.4. The van der Waals surface area contributed by atoms with Gasteiger partial charge in [0.15, 0.2) is 0 Å². The van der Waals surface area contributed by atoms with Crippen molar-refractivity contribution < 1.29 is 31.1 Å². The zero-order valence-electron chi connectivity index (χ0n) is 14.1. The van der Waals surface area contributed by atoms with Crippen LogP contribution >= 0.6 is 0 Å². The van der Waals surface area contributed by atoms with Gasteiger partial charge in [-0.15, -0.1) is 13.2 Å². The van der Waals surface area contributed by atoms with E-state index in [1.165, 1.54) is 4.31 Å². The van der Waals surface area contributed by atoms with Crippen LogP contribution in [0.3, 0.4) is 0 Å². The quantitative estimate of drug-likeness (QED) is 0.783. The molecular formula is C16H21F3N2O4S. The van der Waals surface area contributed by atoms with E-state index < -0.39 is 22.1 Å². The molecule has 2 aliphatic heterocycles. The van der Waals surface area contributed by atoms with Crippen molar-refractivity contribution in [3.63, 3.8) is 0 Å². The Bertz CT molecular complexity index is 695. The molecular weight excluding hydrogens is 373 g/mol. The van der Waals surface area contributed by atoms with Crippen LogP contribution in [0.25, 0.3) is 0 Å². The molecule has 1 aromatic rings. The van der Waals surface area contributed by atoms with Gasteiger partial charge in [-0.2, -0.15) is 4.31 Å². The number of benzene rings is 1. The average Bonchev–Trinajstić information content (AvgIpc) is 2.62. The number of sulfonamides is 1. The minimum absolute atomic E-state index is 0.0307. The van der Waals surface area contributed by atoms with Gasteiger partial charge in [0.25, 0.3) is 0 Å². The Morgan fingerprint density at radius 3 is 2.12 bits per heavy atom. The highest BCUT2D eigenvalue weighted by Gasteiger charge is 2.33. The lowest BCUT2D eigenvalue weighted by atomic mass is 10.0. The third-order valence-electron chi connectivity index (χ3n) is 4.68. The highest BCUT2D eigenvalue weighted by Crippen LogP contribution is 2.27. The van der Waals surface area contributed by atoms with Crippen molar-refractivity contribution in [2.24, 2.45) is 0 Å². The first-order valence-corrected chi connectivity index (χ1v) is 9.87. The van der Waals surface area contributed by atoms with Gasteiger partial charge in [0.2, 0.25) is 10.0 Å². The van der Waals surface area contributed by atoms with Gasteiger partial charge in [0.05, 0.1) is 18.1 Å². The Labute approximate surface area is 150 Å². The minimum Gasteiger partial charge on any atom is -0.406 e. The number of morpholine rings is 1. The van der Waals surface area contributed by atoms with Crippen LogP contribution in [0.15, 0.2) is 29.2 Å². The lowest BCUT2D eigenvalue weighted by molar-refractivity contribution is -0.274. The normalized spacial score (nSPS) is 21.7. The number of piperidine rings is 1. The second kappa shape index (κ2) is 7.71. The molecule has 0 atom stereocenters. The first-order chi connectivity index (χ1) is 12.3. The Hall–Kier alpha value is -1.36. The molecule has 0 unspecified atom stereocenters. The van der Waals surface area contributed by atoms with E-state index in [0.29, 0.717) is 32.3 Å². The number of alkyl halides is 3. The van der Waals surface area contributed by atoms with Crippen LogP contribution in [0.4, 0.5) is 13.2 Å². The summed E-state index contributed by atoms with van der Waals surface area (Å²) >= 11 is 0. The van der Waals surface area contributed by atoms with E-state index >= 15 is 0 Å². The molecule has 3 rings (SSSR count). The SMILES string of the molecule is O=S(=O)(c1ccc(OC(F)(F)F)cc1)N1CCC(N2CCOCC2)CC1. The van der Waals surface area contributed by atoms with Crippen LogP contribution in [-0.4, -0.2) is 69.4 Å². The fourth-order valence-electron chi connectivity index (χ4n) is 3.35. The average molecular weight is 394 g/mol. The predicted molar refractivity (Wildman–Crippen MR) is 87.3 cm³/mol. The van der Waals surface area contributed by atoms with Crippen molar-refractivity contribution in [1.82, 2.24) is 9.21 Å². The van der Waals surface area contributed by atoms with Crippen LogP contribution in [0.5, 0.6) is 5.75 Å². The summed E-state index contributed by atoms with van der Waals surface area (Å²) in [5.41, 5.74) is 0. The predicted octanol–water partition coefficient (Wildman–Crippen LogP) is 2.07. The smallest absolute Gasteiger partial charge is 0.406 e. The summed E-state index contributed by atoms with van der Waals surface area (Å²) in [6, 6.07) is 4.66. The number of hydrogen-bond donors (Lipinski definition) is 0. The van der Waals surface area contributed by atoms with Crippen LogP contribution < -0.4 is 4.74 Å². The van der Waals surface area contributed by atoms with Gasteiger partial charge in [0.1, 0.15) is 5.75 Å². The standard InChI is InChI=1S/C16H21F3N2O4S/c17-16(18,19)25-14-1-3-15(4-2-14)26(22,23)21-7-5-13(6-8-21)20-9-11-24-12-10-20/h1-4,13H,5-12H2. The fourth-order valence-corrected chi connectivity index (χ4v) is 4.82. The number of halogens is 3. The van der Waals surface area contributed by atoms with Crippen molar-refractivity contribution in [2.75, 3.05) is 39.4 Å².